The number of fused-ring (bicyclic) bond motifs is 1. The first-order valence-electron chi connectivity index (χ1n) is 8.72. The second kappa shape index (κ2) is 8.84. The number of nitrogens with zero attached hydrogens (tertiary/aromatic N) is 3. The molecule has 1 unspecified atom stereocenters. The molecule has 9 heteroatoms. The smallest absolute Gasteiger partial charge is 0.238 e. The SMILES string of the molecule is CCNc1nnc(SC(C)C(=O)Nc2sc3c(c2C#N)CCCCC3)s1. The van der Waals surface area contributed by atoms with E-state index in [0.717, 1.165) is 47.3 Å². The Labute approximate surface area is 165 Å². The van der Waals surface area contributed by atoms with E-state index in [1.165, 1.54) is 34.4 Å². The molecular formula is C17H21N5OS3. The molecule has 0 aromatic carbocycles. The van der Waals surface area contributed by atoms with Crippen LogP contribution in [0.1, 0.15) is 49.1 Å². The molecule has 0 radical (unpaired) electrons. The lowest BCUT2D eigenvalue weighted by Crippen LogP contribution is -2.22. The first kappa shape index (κ1) is 19.1. The molecule has 138 valence electrons. The van der Waals surface area contributed by atoms with Crippen LogP contribution in [0.4, 0.5) is 10.1 Å². The van der Waals surface area contributed by atoms with Crippen molar-refractivity contribution in [2.24, 2.45) is 0 Å². The minimum absolute atomic E-state index is 0.108. The minimum Gasteiger partial charge on any atom is -0.360 e. The van der Waals surface area contributed by atoms with Crippen molar-refractivity contribution in [1.29, 1.82) is 5.26 Å². The van der Waals surface area contributed by atoms with Gasteiger partial charge in [-0.25, -0.2) is 0 Å². The summed E-state index contributed by atoms with van der Waals surface area (Å²) in [6.45, 7) is 4.63. The van der Waals surface area contributed by atoms with Gasteiger partial charge >= 0.3 is 0 Å². The van der Waals surface area contributed by atoms with Gasteiger partial charge in [0.25, 0.3) is 0 Å². The number of anilines is 2. The Morgan fingerprint density at radius 1 is 1.31 bits per heavy atom. The molecule has 0 saturated carbocycles. The predicted molar refractivity (Wildman–Crippen MR) is 108 cm³/mol. The van der Waals surface area contributed by atoms with Gasteiger partial charge in [-0.15, -0.1) is 21.5 Å². The first-order valence-corrected chi connectivity index (χ1v) is 11.2. The number of amides is 1. The summed E-state index contributed by atoms with van der Waals surface area (Å²) in [4.78, 5) is 13.9. The molecule has 2 aromatic heterocycles. The van der Waals surface area contributed by atoms with Gasteiger partial charge < -0.3 is 10.6 Å². The van der Waals surface area contributed by atoms with Gasteiger partial charge in [0.2, 0.25) is 11.0 Å². The number of hydrogen-bond donors (Lipinski definition) is 2. The lowest BCUT2D eigenvalue weighted by atomic mass is 10.1. The molecule has 0 aliphatic heterocycles. The molecule has 1 amide bonds. The maximum absolute atomic E-state index is 12.6. The van der Waals surface area contributed by atoms with Crippen molar-refractivity contribution in [3.8, 4) is 6.07 Å². The van der Waals surface area contributed by atoms with E-state index >= 15 is 0 Å². The highest BCUT2D eigenvalue weighted by Crippen LogP contribution is 2.37. The summed E-state index contributed by atoms with van der Waals surface area (Å²) in [5.41, 5.74) is 1.80. The van der Waals surface area contributed by atoms with Crippen LogP contribution in [0.3, 0.4) is 0 Å². The Bertz CT molecular complexity index is 823. The molecule has 1 atom stereocenters. The van der Waals surface area contributed by atoms with Gasteiger partial charge in [-0.3, -0.25) is 4.79 Å². The first-order chi connectivity index (χ1) is 12.6. The van der Waals surface area contributed by atoms with Crippen LogP contribution in [0, 0.1) is 11.3 Å². The van der Waals surface area contributed by atoms with E-state index in [0.29, 0.717) is 10.6 Å². The number of thioether (sulfide) groups is 1. The lowest BCUT2D eigenvalue weighted by Gasteiger charge is -2.09. The monoisotopic (exact) mass is 407 g/mol. The van der Waals surface area contributed by atoms with Crippen molar-refractivity contribution in [2.75, 3.05) is 17.2 Å². The van der Waals surface area contributed by atoms with Crippen molar-refractivity contribution >= 4 is 50.5 Å². The fourth-order valence-electron chi connectivity index (χ4n) is 2.85. The van der Waals surface area contributed by atoms with Gasteiger partial charge in [-0.1, -0.05) is 29.5 Å². The summed E-state index contributed by atoms with van der Waals surface area (Å²) in [5, 5.41) is 24.9. The summed E-state index contributed by atoms with van der Waals surface area (Å²) in [6.07, 6.45) is 5.42. The normalized spacial score (nSPS) is 14.8. The fraction of sp³-hybridized carbons (Fsp3) is 0.529. The van der Waals surface area contributed by atoms with Crippen LogP contribution in [0.5, 0.6) is 0 Å². The van der Waals surface area contributed by atoms with E-state index in [1.54, 1.807) is 11.3 Å². The molecule has 2 N–H and O–H groups in total. The van der Waals surface area contributed by atoms with E-state index in [4.69, 9.17) is 0 Å². The Balaban J connectivity index is 1.68. The zero-order valence-electron chi connectivity index (χ0n) is 14.8. The van der Waals surface area contributed by atoms with E-state index in [-0.39, 0.29) is 11.2 Å². The third-order valence-corrected chi connectivity index (χ3v) is 7.42. The minimum atomic E-state index is -0.314. The summed E-state index contributed by atoms with van der Waals surface area (Å²) >= 11 is 4.39. The summed E-state index contributed by atoms with van der Waals surface area (Å²) in [5.74, 6) is -0.108. The Morgan fingerprint density at radius 2 is 2.12 bits per heavy atom. The quantitative estimate of drug-likeness (QED) is 0.548. The average molecular weight is 408 g/mol. The molecular weight excluding hydrogens is 386 g/mol. The number of thiophene rings is 1. The van der Waals surface area contributed by atoms with Gasteiger partial charge in [0.1, 0.15) is 11.1 Å². The number of aromatic nitrogens is 2. The molecule has 0 bridgehead atoms. The Hall–Kier alpha value is -1.63. The molecule has 2 heterocycles. The number of carbonyl (C=O) groups is 1. The zero-order valence-corrected chi connectivity index (χ0v) is 17.2. The maximum atomic E-state index is 12.6. The predicted octanol–water partition coefficient (Wildman–Crippen LogP) is 4.29. The van der Waals surface area contributed by atoms with Crippen molar-refractivity contribution in [2.45, 2.75) is 55.5 Å². The molecule has 0 fully saturated rings. The third-order valence-electron chi connectivity index (χ3n) is 4.15. The van der Waals surface area contributed by atoms with E-state index in [2.05, 4.69) is 26.9 Å². The molecule has 0 spiro atoms. The van der Waals surface area contributed by atoms with Gasteiger partial charge in [0.15, 0.2) is 4.34 Å². The van der Waals surface area contributed by atoms with Crippen molar-refractivity contribution in [3.63, 3.8) is 0 Å². The highest BCUT2D eigenvalue weighted by molar-refractivity contribution is 8.02. The topological polar surface area (TPSA) is 90.7 Å². The highest BCUT2D eigenvalue weighted by Gasteiger charge is 2.23. The van der Waals surface area contributed by atoms with Crippen LogP contribution in [-0.4, -0.2) is 27.9 Å². The van der Waals surface area contributed by atoms with Gasteiger partial charge in [0.05, 0.1) is 10.8 Å². The second-order valence-corrected chi connectivity index (χ2v) is 9.70. The maximum Gasteiger partial charge on any atom is 0.238 e. The van der Waals surface area contributed by atoms with Gasteiger partial charge in [0, 0.05) is 11.4 Å². The largest absolute Gasteiger partial charge is 0.360 e. The molecule has 1 aliphatic rings. The van der Waals surface area contributed by atoms with Crippen molar-refractivity contribution in [3.05, 3.63) is 16.0 Å². The molecule has 2 aromatic rings. The number of hydrogen-bond acceptors (Lipinski definition) is 8. The van der Waals surface area contributed by atoms with Crippen LogP contribution < -0.4 is 10.6 Å². The van der Waals surface area contributed by atoms with Crippen LogP contribution in [0.25, 0.3) is 0 Å². The van der Waals surface area contributed by atoms with E-state index < -0.39 is 0 Å². The van der Waals surface area contributed by atoms with E-state index in [1.807, 2.05) is 13.8 Å². The fourth-order valence-corrected chi connectivity index (χ4v) is 6.05. The van der Waals surface area contributed by atoms with E-state index in [9.17, 15) is 10.1 Å². The summed E-state index contributed by atoms with van der Waals surface area (Å²) in [6, 6.07) is 2.30. The summed E-state index contributed by atoms with van der Waals surface area (Å²) < 4.78 is 0.756. The second-order valence-electron chi connectivity index (χ2n) is 6.03. The standard InChI is InChI=1S/C17H21N5OS3/c1-3-19-16-21-22-17(26-16)24-10(2)14(23)20-15-12(9-18)11-7-5-4-6-8-13(11)25-15/h10H,3-8H2,1-2H3,(H,19,21)(H,20,23). The Kier molecular flexibility index (Phi) is 6.51. The molecule has 26 heavy (non-hydrogen) atoms. The number of rotatable bonds is 6. The number of nitrogens with one attached hydrogen (secondary N) is 2. The van der Waals surface area contributed by atoms with Crippen LogP contribution in [0.15, 0.2) is 4.34 Å². The molecule has 6 nitrogen and oxygen atoms in total. The molecule has 1 aliphatic carbocycles. The summed E-state index contributed by atoms with van der Waals surface area (Å²) in [7, 11) is 0. The third kappa shape index (κ3) is 4.37. The lowest BCUT2D eigenvalue weighted by molar-refractivity contribution is -0.115. The number of aryl methyl sites for hydroxylation is 1. The number of carbonyl (C=O) groups excluding carboxylic acids is 1. The van der Waals surface area contributed by atoms with Crippen LogP contribution in [-0.2, 0) is 17.6 Å². The van der Waals surface area contributed by atoms with Crippen molar-refractivity contribution < 1.29 is 4.79 Å². The average Bonchev–Trinajstić information content (AvgIpc) is 3.11. The number of nitriles is 1. The zero-order chi connectivity index (χ0) is 18.5. The highest BCUT2D eigenvalue weighted by atomic mass is 32.2. The molecule has 3 rings (SSSR count). The molecule has 0 saturated heterocycles. The van der Waals surface area contributed by atoms with Crippen LogP contribution in [0.2, 0.25) is 0 Å². The van der Waals surface area contributed by atoms with Crippen LogP contribution >= 0.6 is 34.4 Å². The van der Waals surface area contributed by atoms with Gasteiger partial charge in [-0.05, 0) is 45.1 Å². The Morgan fingerprint density at radius 3 is 2.88 bits per heavy atom. The van der Waals surface area contributed by atoms with Crippen molar-refractivity contribution in [1.82, 2.24) is 10.2 Å². The van der Waals surface area contributed by atoms with Gasteiger partial charge in [-0.2, -0.15) is 5.26 Å².